The zero-order valence-electron chi connectivity index (χ0n) is 17.3. The number of urea groups is 1. The smallest absolute Gasteiger partial charge is 0.246 e. The van der Waals surface area contributed by atoms with Gasteiger partial charge in [-0.1, -0.05) is 42.5 Å². The number of sulfonamides is 1. The van der Waals surface area contributed by atoms with Crippen molar-refractivity contribution in [2.45, 2.75) is 17.0 Å². The molecule has 3 aromatic carbocycles. The van der Waals surface area contributed by atoms with E-state index in [0.717, 1.165) is 22.7 Å². The fourth-order valence-corrected chi connectivity index (χ4v) is 4.45. The van der Waals surface area contributed by atoms with E-state index in [-0.39, 0.29) is 6.54 Å². The standard InChI is InChI=1S/C23H17F4N3O3S/c24-18-10-6-16(7-11-18)21-20(15-4-2-1-3-5-15)14-30(28-21)22(31)29-34(32,33)19-12-8-17(9-13-19)23(25,26)27/h1-13,20H,14H2,(H,29,31). The van der Waals surface area contributed by atoms with Crippen LogP contribution in [0.15, 0.2) is 88.9 Å². The molecule has 0 aliphatic carbocycles. The van der Waals surface area contributed by atoms with E-state index in [2.05, 4.69) is 5.10 Å². The molecule has 0 radical (unpaired) electrons. The van der Waals surface area contributed by atoms with Crippen LogP contribution in [0, 0.1) is 5.82 Å². The van der Waals surface area contributed by atoms with Crippen molar-refractivity contribution in [3.8, 4) is 0 Å². The maximum absolute atomic E-state index is 13.4. The number of hydrogen-bond acceptors (Lipinski definition) is 4. The quantitative estimate of drug-likeness (QED) is 0.536. The molecular formula is C23H17F4N3O3S. The number of hydrazone groups is 1. The molecule has 1 N–H and O–H groups in total. The summed E-state index contributed by atoms with van der Waals surface area (Å²) in [5.41, 5.74) is 0.785. The Labute approximate surface area is 192 Å². The molecular weight excluding hydrogens is 474 g/mol. The molecule has 0 aromatic heterocycles. The largest absolute Gasteiger partial charge is 0.416 e. The molecule has 0 fully saturated rings. The number of nitrogens with one attached hydrogen (secondary N) is 1. The molecule has 2 amide bonds. The molecule has 1 atom stereocenters. The third-order valence-corrected chi connectivity index (χ3v) is 6.54. The Balaban J connectivity index is 1.59. The number of halogens is 4. The van der Waals surface area contributed by atoms with Crippen LogP contribution in [0.2, 0.25) is 0 Å². The Hall–Kier alpha value is -3.73. The van der Waals surface area contributed by atoms with Gasteiger partial charge in [-0.05, 0) is 47.5 Å². The van der Waals surface area contributed by atoms with Gasteiger partial charge in [-0.2, -0.15) is 18.3 Å². The first-order valence-electron chi connectivity index (χ1n) is 9.95. The SMILES string of the molecule is O=C(NS(=O)(=O)c1ccc(C(F)(F)F)cc1)N1CC(c2ccccc2)C(c2ccc(F)cc2)=N1. The normalized spacial score (nSPS) is 16.3. The first kappa shape index (κ1) is 23.4. The Morgan fingerprint density at radius 1 is 0.941 bits per heavy atom. The molecule has 11 heteroatoms. The van der Waals surface area contributed by atoms with Gasteiger partial charge in [0.1, 0.15) is 5.82 Å². The summed E-state index contributed by atoms with van der Waals surface area (Å²) in [5.74, 6) is -0.859. The maximum atomic E-state index is 13.4. The number of nitrogens with zero attached hydrogens (tertiary/aromatic N) is 2. The number of carbonyl (C=O) groups excluding carboxylic acids is 1. The molecule has 0 saturated heterocycles. The van der Waals surface area contributed by atoms with Gasteiger partial charge in [0, 0.05) is 5.92 Å². The van der Waals surface area contributed by atoms with Crippen LogP contribution in [0.3, 0.4) is 0 Å². The summed E-state index contributed by atoms with van der Waals surface area (Å²) in [6, 6.07) is 16.3. The van der Waals surface area contributed by atoms with E-state index in [1.165, 1.54) is 24.3 Å². The van der Waals surface area contributed by atoms with Crippen molar-refractivity contribution < 1.29 is 30.8 Å². The third-order valence-electron chi connectivity index (χ3n) is 5.20. The molecule has 3 aromatic rings. The molecule has 1 aliphatic rings. The minimum Gasteiger partial charge on any atom is -0.246 e. The first-order valence-corrected chi connectivity index (χ1v) is 11.4. The first-order chi connectivity index (χ1) is 16.0. The Morgan fingerprint density at radius 2 is 1.56 bits per heavy atom. The molecule has 34 heavy (non-hydrogen) atoms. The van der Waals surface area contributed by atoms with Crippen molar-refractivity contribution in [3.63, 3.8) is 0 Å². The van der Waals surface area contributed by atoms with Gasteiger partial charge in [0.15, 0.2) is 0 Å². The van der Waals surface area contributed by atoms with Crippen molar-refractivity contribution in [1.29, 1.82) is 0 Å². The topological polar surface area (TPSA) is 78.8 Å². The lowest BCUT2D eigenvalue weighted by Gasteiger charge is -2.16. The molecule has 4 rings (SSSR count). The summed E-state index contributed by atoms with van der Waals surface area (Å²) >= 11 is 0. The summed E-state index contributed by atoms with van der Waals surface area (Å²) in [7, 11) is -4.46. The van der Waals surface area contributed by atoms with E-state index < -0.39 is 44.4 Å². The van der Waals surface area contributed by atoms with Crippen LogP contribution in [0.25, 0.3) is 0 Å². The van der Waals surface area contributed by atoms with Crippen LogP contribution in [0.4, 0.5) is 22.4 Å². The molecule has 6 nitrogen and oxygen atoms in total. The average molecular weight is 491 g/mol. The minimum absolute atomic E-state index is 0.00505. The number of hydrogen-bond donors (Lipinski definition) is 1. The van der Waals surface area contributed by atoms with Crippen LogP contribution in [0.1, 0.15) is 22.6 Å². The van der Waals surface area contributed by atoms with E-state index in [1.807, 2.05) is 22.9 Å². The highest BCUT2D eigenvalue weighted by molar-refractivity contribution is 7.90. The second-order valence-electron chi connectivity index (χ2n) is 7.47. The second kappa shape index (κ2) is 8.90. The van der Waals surface area contributed by atoms with Crippen molar-refractivity contribution in [1.82, 2.24) is 9.73 Å². The number of benzene rings is 3. The van der Waals surface area contributed by atoms with E-state index in [1.54, 1.807) is 12.1 Å². The third kappa shape index (κ3) is 4.93. The van der Waals surface area contributed by atoms with Crippen LogP contribution in [-0.2, 0) is 16.2 Å². The predicted octanol–water partition coefficient (Wildman–Crippen LogP) is 4.75. The predicted molar refractivity (Wildman–Crippen MR) is 116 cm³/mol. The van der Waals surface area contributed by atoms with E-state index in [9.17, 15) is 30.8 Å². The summed E-state index contributed by atoms with van der Waals surface area (Å²) in [6.07, 6.45) is -4.63. The van der Waals surface area contributed by atoms with Crippen molar-refractivity contribution in [2.24, 2.45) is 5.10 Å². The Bertz CT molecular complexity index is 1320. The van der Waals surface area contributed by atoms with Crippen molar-refractivity contribution in [3.05, 3.63) is 101 Å². The van der Waals surface area contributed by atoms with E-state index >= 15 is 0 Å². The molecule has 176 valence electrons. The van der Waals surface area contributed by atoms with Gasteiger partial charge in [-0.25, -0.2) is 27.3 Å². The maximum Gasteiger partial charge on any atom is 0.416 e. The lowest BCUT2D eigenvalue weighted by molar-refractivity contribution is -0.137. The van der Waals surface area contributed by atoms with Gasteiger partial charge in [0.2, 0.25) is 0 Å². The van der Waals surface area contributed by atoms with Crippen molar-refractivity contribution >= 4 is 21.8 Å². The zero-order chi connectivity index (χ0) is 24.5. The van der Waals surface area contributed by atoms with Crippen LogP contribution in [0.5, 0.6) is 0 Å². The molecule has 1 unspecified atom stereocenters. The monoisotopic (exact) mass is 491 g/mol. The van der Waals surface area contributed by atoms with Crippen molar-refractivity contribution in [2.75, 3.05) is 6.54 Å². The van der Waals surface area contributed by atoms with Gasteiger partial charge in [0.25, 0.3) is 10.0 Å². The van der Waals surface area contributed by atoms with Gasteiger partial charge >= 0.3 is 12.2 Å². The highest BCUT2D eigenvalue weighted by atomic mass is 32.2. The molecule has 0 bridgehead atoms. The van der Waals surface area contributed by atoms with E-state index in [4.69, 9.17) is 0 Å². The number of rotatable bonds is 4. The summed E-state index contributed by atoms with van der Waals surface area (Å²) in [4.78, 5) is 12.3. The number of carbonyl (C=O) groups is 1. The van der Waals surface area contributed by atoms with Crippen LogP contribution >= 0.6 is 0 Å². The van der Waals surface area contributed by atoms with Gasteiger partial charge in [-0.15, -0.1) is 0 Å². The highest BCUT2D eigenvalue weighted by Crippen LogP contribution is 2.31. The number of alkyl halides is 3. The zero-order valence-corrected chi connectivity index (χ0v) is 18.1. The lowest BCUT2D eigenvalue weighted by Crippen LogP contribution is -2.39. The molecule has 0 saturated carbocycles. The molecule has 0 spiro atoms. The second-order valence-corrected chi connectivity index (χ2v) is 9.15. The summed E-state index contributed by atoms with van der Waals surface area (Å²) in [5, 5.41) is 5.20. The average Bonchev–Trinajstić information content (AvgIpc) is 3.25. The van der Waals surface area contributed by atoms with E-state index in [0.29, 0.717) is 23.4 Å². The summed E-state index contributed by atoms with van der Waals surface area (Å²) < 4.78 is 78.6. The highest BCUT2D eigenvalue weighted by Gasteiger charge is 2.34. The number of amides is 2. The Kier molecular flexibility index (Phi) is 6.13. The molecule has 1 aliphatic heterocycles. The van der Waals surface area contributed by atoms with Gasteiger partial charge < -0.3 is 0 Å². The minimum atomic E-state index is -4.63. The van der Waals surface area contributed by atoms with Crippen LogP contribution < -0.4 is 4.72 Å². The Morgan fingerprint density at radius 3 is 2.15 bits per heavy atom. The van der Waals surface area contributed by atoms with Gasteiger partial charge in [-0.3, -0.25) is 0 Å². The fraction of sp³-hybridized carbons (Fsp3) is 0.130. The lowest BCUT2D eigenvalue weighted by atomic mass is 9.91. The van der Waals surface area contributed by atoms with Crippen LogP contribution in [-0.4, -0.2) is 31.7 Å². The summed E-state index contributed by atoms with van der Waals surface area (Å²) in [6.45, 7) is 0.00505. The fourth-order valence-electron chi connectivity index (χ4n) is 3.51. The molecule has 1 heterocycles. The van der Waals surface area contributed by atoms with Gasteiger partial charge in [0.05, 0.1) is 22.7 Å².